The van der Waals surface area contributed by atoms with Crippen LogP contribution in [0.4, 0.5) is 0 Å². The van der Waals surface area contributed by atoms with Crippen LogP contribution in [-0.2, 0) is 11.3 Å². The fourth-order valence-electron chi connectivity index (χ4n) is 4.61. The largest absolute Gasteiger partial charge is 0.493 e. The van der Waals surface area contributed by atoms with Crippen LogP contribution in [0, 0.1) is 5.41 Å². The molecule has 0 radical (unpaired) electrons. The van der Waals surface area contributed by atoms with Gasteiger partial charge in [0.25, 0.3) is 0 Å². The average molecular weight is 448 g/mol. The Bertz CT molecular complexity index is 669. The van der Waals surface area contributed by atoms with E-state index in [0.29, 0.717) is 24.3 Å². The maximum atomic E-state index is 13.2. The van der Waals surface area contributed by atoms with Gasteiger partial charge >= 0.3 is 0 Å². The van der Waals surface area contributed by atoms with Crippen LogP contribution in [0.2, 0.25) is 0 Å². The number of carbonyl (C=O) groups excluding carboxylic acids is 1. The molecule has 0 bridgehead atoms. The standard InChI is InChI=1S/C21H33N3O3.2ClH/c1-5-27-19-16(7-6-8-18(19)26-4)14-23(2)20(25)17-13-21(15-24(17)3)9-11-22-12-10-21;;/h6-8,17,22H,5,9-15H2,1-4H3;2*1H. The number of ether oxygens (including phenoxy) is 2. The van der Waals surface area contributed by atoms with Crippen molar-refractivity contribution in [2.45, 2.75) is 38.8 Å². The monoisotopic (exact) mass is 447 g/mol. The number of methoxy groups -OCH3 is 1. The molecule has 1 amide bonds. The Hall–Kier alpha value is -1.21. The Balaban J connectivity index is 0.00000210. The number of likely N-dealkylation sites (N-methyl/N-ethyl adjacent to an activating group) is 2. The van der Waals surface area contributed by atoms with E-state index in [0.717, 1.165) is 50.2 Å². The highest BCUT2D eigenvalue weighted by molar-refractivity contribution is 5.85. The Morgan fingerprint density at radius 2 is 2.00 bits per heavy atom. The molecule has 1 atom stereocenters. The number of hydrogen-bond acceptors (Lipinski definition) is 5. The number of hydrogen-bond donors (Lipinski definition) is 1. The van der Waals surface area contributed by atoms with E-state index < -0.39 is 0 Å². The van der Waals surface area contributed by atoms with E-state index in [4.69, 9.17) is 9.47 Å². The van der Waals surface area contributed by atoms with Crippen LogP contribution in [0.1, 0.15) is 31.7 Å². The van der Waals surface area contributed by atoms with Gasteiger partial charge in [-0.25, -0.2) is 0 Å². The summed E-state index contributed by atoms with van der Waals surface area (Å²) in [5, 5.41) is 3.44. The summed E-state index contributed by atoms with van der Waals surface area (Å²) in [6.45, 7) is 6.18. The van der Waals surface area contributed by atoms with Crippen LogP contribution in [0.3, 0.4) is 0 Å². The first-order valence-corrected chi connectivity index (χ1v) is 9.94. The number of likely N-dealkylation sites (tertiary alicyclic amines) is 1. The second kappa shape index (κ2) is 11.3. The lowest BCUT2D eigenvalue weighted by Gasteiger charge is -2.33. The SMILES string of the molecule is CCOc1c(CN(C)C(=O)C2CC3(CCNCC3)CN2C)cccc1OC.Cl.Cl. The molecule has 0 saturated carbocycles. The number of amides is 1. The van der Waals surface area contributed by atoms with Gasteiger partial charge in [-0.2, -0.15) is 0 Å². The minimum absolute atomic E-state index is 0. The number of rotatable bonds is 6. The molecule has 2 aliphatic heterocycles. The second-order valence-electron chi connectivity index (χ2n) is 7.96. The molecule has 2 aliphatic rings. The van der Waals surface area contributed by atoms with E-state index >= 15 is 0 Å². The molecule has 2 saturated heterocycles. The van der Waals surface area contributed by atoms with Crippen molar-refractivity contribution in [1.82, 2.24) is 15.1 Å². The molecule has 0 aliphatic carbocycles. The Morgan fingerprint density at radius 1 is 1.31 bits per heavy atom. The van der Waals surface area contributed by atoms with Crippen LogP contribution in [-0.4, -0.2) is 69.2 Å². The molecular formula is C21H35Cl2N3O3. The lowest BCUT2D eigenvalue weighted by atomic mass is 9.77. The molecule has 1 aromatic rings. The minimum atomic E-state index is -0.0331. The molecule has 3 rings (SSSR count). The zero-order chi connectivity index (χ0) is 19.4. The van der Waals surface area contributed by atoms with Crippen LogP contribution < -0.4 is 14.8 Å². The highest BCUT2D eigenvalue weighted by atomic mass is 35.5. The number of nitrogens with zero attached hydrogens (tertiary/aromatic N) is 2. The molecule has 6 nitrogen and oxygen atoms in total. The minimum Gasteiger partial charge on any atom is -0.493 e. The molecule has 8 heteroatoms. The van der Waals surface area contributed by atoms with Crippen molar-refractivity contribution in [2.24, 2.45) is 5.41 Å². The van der Waals surface area contributed by atoms with Crippen LogP contribution in [0.25, 0.3) is 0 Å². The summed E-state index contributed by atoms with van der Waals surface area (Å²) < 4.78 is 11.2. The van der Waals surface area contributed by atoms with E-state index in [-0.39, 0.29) is 36.8 Å². The van der Waals surface area contributed by atoms with Gasteiger partial charge in [0, 0.05) is 25.7 Å². The second-order valence-corrected chi connectivity index (χ2v) is 7.96. The Labute approximate surface area is 187 Å². The Kier molecular flexibility index (Phi) is 10.0. The number of para-hydroxylation sites is 1. The number of nitrogens with one attached hydrogen (secondary N) is 1. The third-order valence-corrected chi connectivity index (χ3v) is 6.05. The smallest absolute Gasteiger partial charge is 0.239 e. The number of carbonyl (C=O) groups is 1. The van der Waals surface area contributed by atoms with E-state index in [9.17, 15) is 4.79 Å². The van der Waals surface area contributed by atoms with E-state index in [1.54, 1.807) is 7.11 Å². The van der Waals surface area contributed by atoms with E-state index in [2.05, 4.69) is 17.3 Å². The predicted octanol–water partition coefficient (Wildman–Crippen LogP) is 2.97. The van der Waals surface area contributed by atoms with E-state index in [1.165, 1.54) is 0 Å². The first kappa shape index (κ1) is 25.8. The van der Waals surface area contributed by atoms with Crippen LogP contribution in [0.5, 0.6) is 11.5 Å². The molecule has 0 aromatic heterocycles. The number of piperidine rings is 1. The summed E-state index contributed by atoms with van der Waals surface area (Å²) in [6.07, 6.45) is 3.29. The van der Waals surface area contributed by atoms with Crippen molar-refractivity contribution >= 4 is 30.7 Å². The van der Waals surface area contributed by atoms with Gasteiger partial charge in [-0.15, -0.1) is 24.8 Å². The summed E-state index contributed by atoms with van der Waals surface area (Å²) in [5.41, 5.74) is 1.28. The molecule has 2 heterocycles. The fraction of sp³-hybridized carbons (Fsp3) is 0.667. The molecule has 1 unspecified atom stereocenters. The van der Waals surface area contributed by atoms with Gasteiger partial charge in [0.15, 0.2) is 11.5 Å². The van der Waals surface area contributed by atoms with Crippen molar-refractivity contribution in [3.63, 3.8) is 0 Å². The summed E-state index contributed by atoms with van der Waals surface area (Å²) in [6, 6.07) is 5.81. The van der Waals surface area contributed by atoms with Crippen LogP contribution in [0.15, 0.2) is 18.2 Å². The van der Waals surface area contributed by atoms with E-state index in [1.807, 2.05) is 37.1 Å². The maximum Gasteiger partial charge on any atom is 0.239 e. The number of halogens is 2. The predicted molar refractivity (Wildman–Crippen MR) is 121 cm³/mol. The van der Waals surface area contributed by atoms with Gasteiger partial charge in [-0.1, -0.05) is 12.1 Å². The number of benzene rings is 1. The highest BCUT2D eigenvalue weighted by Gasteiger charge is 2.46. The third-order valence-electron chi connectivity index (χ3n) is 6.05. The quantitative estimate of drug-likeness (QED) is 0.726. The van der Waals surface area contributed by atoms with Gasteiger partial charge in [0.05, 0.1) is 19.8 Å². The third kappa shape index (κ3) is 5.69. The first-order valence-electron chi connectivity index (χ1n) is 9.94. The van der Waals surface area contributed by atoms with Gasteiger partial charge in [0.1, 0.15) is 0 Å². The molecule has 2 fully saturated rings. The van der Waals surface area contributed by atoms with Gasteiger partial charge in [-0.3, -0.25) is 9.69 Å². The summed E-state index contributed by atoms with van der Waals surface area (Å²) >= 11 is 0. The van der Waals surface area contributed by atoms with Gasteiger partial charge in [0.2, 0.25) is 5.91 Å². The maximum absolute atomic E-state index is 13.2. The molecule has 1 aromatic carbocycles. The Morgan fingerprint density at radius 3 is 2.62 bits per heavy atom. The van der Waals surface area contributed by atoms with Crippen molar-refractivity contribution in [3.05, 3.63) is 23.8 Å². The summed E-state index contributed by atoms with van der Waals surface area (Å²) in [5.74, 6) is 1.64. The average Bonchev–Trinajstić information content (AvgIpc) is 2.98. The first-order chi connectivity index (χ1) is 13.0. The van der Waals surface area contributed by atoms with Crippen LogP contribution >= 0.6 is 24.8 Å². The zero-order valence-corrected chi connectivity index (χ0v) is 19.5. The molecule has 1 spiro atoms. The normalized spacial score (nSPS) is 20.5. The summed E-state index contributed by atoms with van der Waals surface area (Å²) in [7, 11) is 5.62. The lowest BCUT2D eigenvalue weighted by Crippen LogP contribution is -2.42. The zero-order valence-electron chi connectivity index (χ0n) is 17.9. The highest BCUT2D eigenvalue weighted by Crippen LogP contribution is 2.42. The fourth-order valence-corrected chi connectivity index (χ4v) is 4.61. The van der Waals surface area contributed by atoms with Gasteiger partial charge in [-0.05, 0) is 57.8 Å². The van der Waals surface area contributed by atoms with Crippen molar-refractivity contribution in [2.75, 3.05) is 47.4 Å². The lowest BCUT2D eigenvalue weighted by molar-refractivity contribution is -0.134. The molecule has 166 valence electrons. The van der Waals surface area contributed by atoms with Crippen molar-refractivity contribution in [1.29, 1.82) is 0 Å². The summed E-state index contributed by atoms with van der Waals surface area (Å²) in [4.78, 5) is 17.3. The molecule has 1 N–H and O–H groups in total. The van der Waals surface area contributed by atoms with Crippen molar-refractivity contribution in [3.8, 4) is 11.5 Å². The van der Waals surface area contributed by atoms with Gasteiger partial charge < -0.3 is 19.7 Å². The van der Waals surface area contributed by atoms with Crippen molar-refractivity contribution < 1.29 is 14.3 Å². The molecule has 29 heavy (non-hydrogen) atoms. The topological polar surface area (TPSA) is 54.0 Å². The molecular weight excluding hydrogens is 413 g/mol.